The van der Waals surface area contributed by atoms with Crippen molar-refractivity contribution in [2.24, 2.45) is 0 Å². The van der Waals surface area contributed by atoms with Crippen molar-refractivity contribution in [1.82, 2.24) is 0 Å². The molecule has 104 valence electrons. The first-order valence-corrected chi connectivity index (χ1v) is 4.28. The van der Waals surface area contributed by atoms with E-state index in [9.17, 15) is 29.7 Å². The molecule has 0 heterocycles. The molecule has 9 nitrogen and oxygen atoms in total. The van der Waals surface area contributed by atoms with Crippen LogP contribution in [-0.2, 0) is 14.4 Å². The maximum Gasteiger partial charge on any atom is 1.00 e. The number of hydrogen-bond acceptors (Lipinski definition) is 9. The van der Waals surface area contributed by atoms with E-state index >= 15 is 0 Å². The Bertz CT molecular complexity index is 315. The molecule has 0 radical (unpaired) electrons. The van der Waals surface area contributed by atoms with E-state index in [0.29, 0.717) is 0 Å². The molecule has 21 heavy (non-hydrogen) atoms. The smallest absolute Gasteiger partial charge is 0.550 e. The molecule has 0 fully saturated rings. The Morgan fingerprint density at radius 3 is 1.29 bits per heavy atom. The quantitative estimate of drug-likeness (QED) is 0.461. The van der Waals surface area contributed by atoms with Crippen LogP contribution in [0.1, 0.15) is 19.8 Å². The summed E-state index contributed by atoms with van der Waals surface area (Å²) in [5.41, 5.74) is -2.97. The van der Waals surface area contributed by atoms with Crippen LogP contribution in [0.4, 0.5) is 0 Å². The standard InChI is InChI=1S/C6H8O7.C2H3N.CH4O.3Na/c7-3(8)1-6(13,5(11)12)2-4(9)10;1-2-3;1-2;;;/h13H,1-2H2,(H,7,8)(H,9,10)(H,11,12);1H3;2H,1H3;;;/q;;;3*+1/p-3. The van der Waals surface area contributed by atoms with Gasteiger partial charge in [-0.3, -0.25) is 0 Å². The molecule has 0 aromatic rings. The van der Waals surface area contributed by atoms with Gasteiger partial charge in [0, 0.05) is 38.8 Å². The maximum atomic E-state index is 10.1. The second-order valence-electron chi connectivity index (χ2n) is 2.64. The Morgan fingerprint density at radius 1 is 1.00 bits per heavy atom. The fourth-order valence-electron chi connectivity index (χ4n) is 0.684. The average molecular weight is 331 g/mol. The number of aliphatic hydroxyl groups is 2. The molecule has 0 aromatic carbocycles. The molecule has 0 unspecified atom stereocenters. The van der Waals surface area contributed by atoms with Gasteiger partial charge >= 0.3 is 88.7 Å². The maximum absolute atomic E-state index is 10.1. The SMILES string of the molecule is CC#N.CO.O=C([O-])CC(O)(CC(=O)[O-])C(=O)[O-].[Na+].[Na+].[Na+]. The van der Waals surface area contributed by atoms with Gasteiger partial charge in [-0.05, 0) is 0 Å². The fourth-order valence-corrected chi connectivity index (χ4v) is 0.684. The zero-order valence-corrected chi connectivity index (χ0v) is 18.7. The largest absolute Gasteiger partial charge is 1.00 e. The summed E-state index contributed by atoms with van der Waals surface area (Å²) in [5, 5.41) is 53.2. The normalized spacial score (nSPS) is 7.38. The molecular formula is C9H12NNa3O8. The third kappa shape index (κ3) is 26.1. The van der Waals surface area contributed by atoms with Crippen molar-refractivity contribution >= 4 is 17.9 Å². The molecule has 12 heteroatoms. The molecular weight excluding hydrogens is 319 g/mol. The van der Waals surface area contributed by atoms with E-state index in [2.05, 4.69) is 0 Å². The van der Waals surface area contributed by atoms with E-state index in [1.807, 2.05) is 0 Å². The molecule has 0 amide bonds. The van der Waals surface area contributed by atoms with Crippen molar-refractivity contribution in [3.63, 3.8) is 0 Å². The minimum Gasteiger partial charge on any atom is -0.550 e. The van der Waals surface area contributed by atoms with Crippen LogP contribution in [0.5, 0.6) is 0 Å². The van der Waals surface area contributed by atoms with Crippen LogP contribution < -0.4 is 104 Å². The zero-order valence-electron chi connectivity index (χ0n) is 12.7. The molecule has 0 bridgehead atoms. The molecule has 0 spiro atoms. The van der Waals surface area contributed by atoms with E-state index in [1.54, 1.807) is 6.07 Å². The number of nitrogens with zero attached hydrogens (tertiary/aromatic N) is 1. The number of aliphatic hydroxyl groups excluding tert-OH is 1. The predicted octanol–water partition coefficient (Wildman–Crippen LogP) is -14.1. The van der Waals surface area contributed by atoms with E-state index in [-0.39, 0.29) is 88.7 Å². The molecule has 0 aliphatic heterocycles. The first-order valence-electron chi connectivity index (χ1n) is 4.28. The topological polar surface area (TPSA) is 185 Å². The second-order valence-corrected chi connectivity index (χ2v) is 2.64. The minimum absolute atomic E-state index is 0. The van der Waals surface area contributed by atoms with Gasteiger partial charge in [0.1, 0.15) is 5.60 Å². The third-order valence-corrected chi connectivity index (χ3v) is 1.25. The van der Waals surface area contributed by atoms with Crippen LogP contribution >= 0.6 is 0 Å². The monoisotopic (exact) mass is 331 g/mol. The predicted molar refractivity (Wildman–Crippen MR) is 48.6 cm³/mol. The first-order chi connectivity index (χ1) is 8.19. The summed E-state index contributed by atoms with van der Waals surface area (Å²) in [6, 6.07) is 1.75. The minimum atomic E-state index is -2.97. The summed E-state index contributed by atoms with van der Waals surface area (Å²) in [6.07, 6.45) is -2.72. The van der Waals surface area contributed by atoms with Crippen molar-refractivity contribution in [2.75, 3.05) is 7.11 Å². The van der Waals surface area contributed by atoms with Gasteiger partial charge in [0.2, 0.25) is 0 Å². The molecule has 0 saturated heterocycles. The van der Waals surface area contributed by atoms with Gasteiger partial charge in [-0.1, -0.05) is 0 Å². The van der Waals surface area contributed by atoms with Gasteiger partial charge in [-0.25, -0.2) is 0 Å². The molecule has 0 rings (SSSR count). The van der Waals surface area contributed by atoms with Gasteiger partial charge in [0.05, 0.1) is 12.0 Å². The summed E-state index contributed by atoms with van der Waals surface area (Å²) >= 11 is 0. The molecule has 0 aliphatic rings. The van der Waals surface area contributed by atoms with Crippen LogP contribution in [0.2, 0.25) is 0 Å². The zero-order chi connectivity index (χ0) is 15.4. The van der Waals surface area contributed by atoms with Crippen molar-refractivity contribution in [2.45, 2.75) is 25.4 Å². The second kappa shape index (κ2) is 23.1. The summed E-state index contributed by atoms with van der Waals surface area (Å²) in [7, 11) is 1.00. The molecule has 0 aliphatic carbocycles. The summed E-state index contributed by atoms with van der Waals surface area (Å²) in [4.78, 5) is 30.0. The number of nitriles is 1. The van der Waals surface area contributed by atoms with E-state index in [1.165, 1.54) is 6.92 Å². The van der Waals surface area contributed by atoms with Crippen molar-refractivity contribution in [3.05, 3.63) is 0 Å². The van der Waals surface area contributed by atoms with E-state index in [0.717, 1.165) is 7.11 Å². The number of carbonyl (C=O) groups is 3. The average Bonchev–Trinajstić information content (AvgIpc) is 2.19. The Labute approximate surface area is 188 Å². The Hall–Kier alpha value is 0.820. The van der Waals surface area contributed by atoms with E-state index in [4.69, 9.17) is 15.5 Å². The number of rotatable bonds is 5. The Morgan fingerprint density at radius 2 is 1.19 bits per heavy atom. The molecule has 0 saturated carbocycles. The van der Waals surface area contributed by atoms with Crippen LogP contribution in [0, 0.1) is 11.3 Å². The first kappa shape index (κ1) is 37.8. The van der Waals surface area contributed by atoms with Crippen molar-refractivity contribution in [1.29, 1.82) is 5.26 Å². The summed E-state index contributed by atoms with van der Waals surface area (Å²) in [5.74, 6) is -5.98. The van der Waals surface area contributed by atoms with Gasteiger partial charge in [-0.15, -0.1) is 0 Å². The number of hydrogen-bond donors (Lipinski definition) is 2. The number of carboxylic acid groups (broad SMARTS) is 3. The van der Waals surface area contributed by atoms with Gasteiger partial charge < -0.3 is 39.9 Å². The number of carbonyl (C=O) groups excluding carboxylic acids is 3. The van der Waals surface area contributed by atoms with Gasteiger partial charge in [0.25, 0.3) is 0 Å². The fraction of sp³-hybridized carbons (Fsp3) is 0.556. The van der Waals surface area contributed by atoms with Crippen LogP contribution in [0.25, 0.3) is 0 Å². The van der Waals surface area contributed by atoms with Crippen molar-refractivity contribution in [3.8, 4) is 6.07 Å². The number of carboxylic acids is 3. The number of aliphatic carboxylic acids is 3. The van der Waals surface area contributed by atoms with Crippen molar-refractivity contribution < 1.29 is 129 Å². The molecule has 0 atom stereocenters. The van der Waals surface area contributed by atoms with Gasteiger partial charge in [-0.2, -0.15) is 5.26 Å². The van der Waals surface area contributed by atoms with Crippen LogP contribution in [0.3, 0.4) is 0 Å². The van der Waals surface area contributed by atoms with Gasteiger partial charge in [0.15, 0.2) is 0 Å². The van der Waals surface area contributed by atoms with E-state index < -0.39 is 36.4 Å². The summed E-state index contributed by atoms with van der Waals surface area (Å²) < 4.78 is 0. The third-order valence-electron chi connectivity index (χ3n) is 1.25. The Kier molecular flexibility index (Phi) is 41.6. The molecule has 0 aromatic heterocycles. The summed E-state index contributed by atoms with van der Waals surface area (Å²) in [6.45, 7) is 1.43. The van der Waals surface area contributed by atoms with Crippen LogP contribution in [0.15, 0.2) is 0 Å². The molecule has 2 N–H and O–H groups in total. The Balaban J connectivity index is -0.0000000624. The van der Waals surface area contributed by atoms with Crippen LogP contribution in [-0.4, -0.2) is 40.8 Å².